The highest BCUT2D eigenvalue weighted by Gasteiger charge is 2.19. The Balaban J connectivity index is 2.42. The Kier molecular flexibility index (Phi) is 5.07. The van der Waals surface area contributed by atoms with Crippen molar-refractivity contribution in [3.05, 3.63) is 53.3 Å². The molecule has 112 valence electrons. The summed E-state index contributed by atoms with van der Waals surface area (Å²) in [5.74, 6) is 1.46. The average Bonchev–Trinajstić information content (AvgIpc) is 2.53. The second-order valence-electron chi connectivity index (χ2n) is 4.36. The third kappa shape index (κ3) is 3.29. The van der Waals surface area contributed by atoms with E-state index >= 15 is 0 Å². The Bertz CT molecular complexity index is 631. The number of ether oxygens (including phenoxy) is 3. The first kappa shape index (κ1) is 15.6. The van der Waals surface area contributed by atoms with Crippen LogP contribution in [-0.2, 0) is 0 Å². The summed E-state index contributed by atoms with van der Waals surface area (Å²) in [6.45, 7) is 0. The van der Waals surface area contributed by atoms with Crippen molar-refractivity contribution in [3.8, 4) is 17.2 Å². The maximum Gasteiger partial charge on any atom is 0.131 e. The summed E-state index contributed by atoms with van der Waals surface area (Å²) < 4.78 is 29.7. The number of halogens is 2. The van der Waals surface area contributed by atoms with E-state index in [4.69, 9.17) is 14.2 Å². The second kappa shape index (κ2) is 6.80. The smallest absolute Gasteiger partial charge is 0.131 e. The minimum atomic E-state index is -0.339. The first-order valence-corrected chi connectivity index (χ1v) is 7.21. The SMILES string of the molecule is COc1ccc(C(Br)c2ccc(OC)cc2OC)c(F)c1. The zero-order valence-corrected chi connectivity index (χ0v) is 13.6. The van der Waals surface area contributed by atoms with Crippen molar-refractivity contribution >= 4 is 15.9 Å². The van der Waals surface area contributed by atoms with Crippen LogP contribution in [0.4, 0.5) is 4.39 Å². The maximum absolute atomic E-state index is 14.2. The zero-order valence-electron chi connectivity index (χ0n) is 12.0. The lowest BCUT2D eigenvalue weighted by Crippen LogP contribution is -2.00. The fraction of sp³-hybridized carbons (Fsp3) is 0.250. The van der Waals surface area contributed by atoms with Gasteiger partial charge in [0.2, 0.25) is 0 Å². The van der Waals surface area contributed by atoms with Gasteiger partial charge in [0, 0.05) is 23.3 Å². The molecule has 0 N–H and O–H groups in total. The summed E-state index contributed by atoms with van der Waals surface area (Å²) in [5.41, 5.74) is 1.33. The molecule has 2 rings (SSSR count). The van der Waals surface area contributed by atoms with Crippen molar-refractivity contribution in [2.45, 2.75) is 4.83 Å². The predicted octanol–water partition coefficient (Wildman–Crippen LogP) is 4.34. The minimum absolute atomic E-state index is 0.329. The topological polar surface area (TPSA) is 27.7 Å². The Hall–Kier alpha value is -1.75. The van der Waals surface area contributed by atoms with Crippen molar-refractivity contribution in [3.63, 3.8) is 0 Å². The monoisotopic (exact) mass is 354 g/mol. The van der Waals surface area contributed by atoms with Gasteiger partial charge in [0.05, 0.1) is 26.2 Å². The third-order valence-electron chi connectivity index (χ3n) is 3.19. The highest BCUT2D eigenvalue weighted by Crippen LogP contribution is 2.39. The van der Waals surface area contributed by atoms with Crippen LogP contribution in [0.2, 0.25) is 0 Å². The molecule has 1 atom stereocenters. The standard InChI is InChI=1S/C16H16BrFO3/c1-19-10-4-6-12(14(18)8-10)16(17)13-7-5-11(20-2)9-15(13)21-3/h4-9,16H,1-3H3. The first-order valence-electron chi connectivity index (χ1n) is 6.30. The van der Waals surface area contributed by atoms with E-state index in [1.54, 1.807) is 32.4 Å². The third-order valence-corrected chi connectivity index (χ3v) is 4.18. The molecule has 0 aliphatic rings. The molecule has 0 spiro atoms. The molecule has 0 aliphatic carbocycles. The molecule has 0 radical (unpaired) electrons. The van der Waals surface area contributed by atoms with Crippen LogP contribution in [-0.4, -0.2) is 21.3 Å². The van der Waals surface area contributed by atoms with Crippen molar-refractivity contribution in [1.29, 1.82) is 0 Å². The van der Waals surface area contributed by atoms with Gasteiger partial charge in [-0.3, -0.25) is 0 Å². The second-order valence-corrected chi connectivity index (χ2v) is 5.27. The highest BCUT2D eigenvalue weighted by atomic mass is 79.9. The molecular weight excluding hydrogens is 339 g/mol. The van der Waals surface area contributed by atoms with Crippen LogP contribution < -0.4 is 14.2 Å². The molecule has 0 fully saturated rings. The number of benzene rings is 2. The molecule has 0 aliphatic heterocycles. The predicted molar refractivity (Wildman–Crippen MR) is 83.3 cm³/mol. The van der Waals surface area contributed by atoms with Gasteiger partial charge >= 0.3 is 0 Å². The van der Waals surface area contributed by atoms with Crippen LogP contribution in [0.5, 0.6) is 17.2 Å². The van der Waals surface area contributed by atoms with E-state index < -0.39 is 0 Å². The van der Waals surface area contributed by atoms with Gasteiger partial charge in [-0.2, -0.15) is 0 Å². The fourth-order valence-corrected chi connectivity index (χ4v) is 2.79. The van der Waals surface area contributed by atoms with Gasteiger partial charge in [-0.1, -0.05) is 28.1 Å². The molecule has 3 nitrogen and oxygen atoms in total. The molecule has 0 amide bonds. The molecule has 21 heavy (non-hydrogen) atoms. The summed E-state index contributed by atoms with van der Waals surface area (Å²) in [6.07, 6.45) is 0. The van der Waals surface area contributed by atoms with Gasteiger partial charge in [-0.25, -0.2) is 4.39 Å². The van der Waals surface area contributed by atoms with E-state index in [9.17, 15) is 4.39 Å². The number of rotatable bonds is 5. The van der Waals surface area contributed by atoms with E-state index in [1.165, 1.54) is 13.2 Å². The molecule has 0 saturated heterocycles. The van der Waals surface area contributed by atoms with Crippen molar-refractivity contribution in [2.75, 3.05) is 21.3 Å². The quantitative estimate of drug-likeness (QED) is 0.747. The number of methoxy groups -OCH3 is 3. The molecule has 1 unspecified atom stereocenters. The molecule has 2 aromatic rings. The Morgan fingerprint density at radius 1 is 0.857 bits per heavy atom. The lowest BCUT2D eigenvalue weighted by Gasteiger charge is -2.16. The summed E-state index contributed by atoms with van der Waals surface area (Å²) in [4.78, 5) is -0.329. The molecule has 0 saturated carbocycles. The van der Waals surface area contributed by atoms with E-state index in [-0.39, 0.29) is 10.6 Å². The van der Waals surface area contributed by atoms with E-state index in [0.29, 0.717) is 22.8 Å². The Labute approximate surface area is 131 Å². The highest BCUT2D eigenvalue weighted by molar-refractivity contribution is 9.09. The molecule has 0 heterocycles. The summed E-state index contributed by atoms with van der Waals surface area (Å²) in [7, 11) is 4.66. The van der Waals surface area contributed by atoms with E-state index in [1.807, 2.05) is 12.1 Å². The van der Waals surface area contributed by atoms with Crippen LogP contribution in [0, 0.1) is 5.82 Å². The van der Waals surface area contributed by atoms with Gasteiger partial charge in [0.1, 0.15) is 23.1 Å². The summed E-state index contributed by atoms with van der Waals surface area (Å²) in [6, 6.07) is 10.2. The fourth-order valence-electron chi connectivity index (χ4n) is 2.04. The van der Waals surface area contributed by atoms with Crippen molar-refractivity contribution < 1.29 is 18.6 Å². The number of alkyl halides is 1. The van der Waals surface area contributed by atoms with Crippen LogP contribution in [0.15, 0.2) is 36.4 Å². The lowest BCUT2D eigenvalue weighted by atomic mass is 10.0. The van der Waals surface area contributed by atoms with Crippen LogP contribution in [0.25, 0.3) is 0 Å². The van der Waals surface area contributed by atoms with Crippen molar-refractivity contribution in [2.24, 2.45) is 0 Å². The average molecular weight is 355 g/mol. The number of hydrogen-bond acceptors (Lipinski definition) is 3. The molecule has 0 aromatic heterocycles. The minimum Gasteiger partial charge on any atom is -0.497 e. The largest absolute Gasteiger partial charge is 0.497 e. The van der Waals surface area contributed by atoms with Crippen LogP contribution in [0.3, 0.4) is 0 Å². The maximum atomic E-state index is 14.2. The van der Waals surface area contributed by atoms with E-state index in [0.717, 1.165) is 5.56 Å². The summed E-state index contributed by atoms with van der Waals surface area (Å²) in [5, 5.41) is 0. The van der Waals surface area contributed by atoms with Gasteiger partial charge in [0.15, 0.2) is 0 Å². The van der Waals surface area contributed by atoms with Crippen molar-refractivity contribution in [1.82, 2.24) is 0 Å². The first-order chi connectivity index (χ1) is 10.1. The summed E-state index contributed by atoms with van der Waals surface area (Å²) >= 11 is 3.53. The Morgan fingerprint density at radius 3 is 1.95 bits per heavy atom. The van der Waals surface area contributed by atoms with Crippen LogP contribution >= 0.6 is 15.9 Å². The zero-order chi connectivity index (χ0) is 15.4. The van der Waals surface area contributed by atoms with Crippen LogP contribution in [0.1, 0.15) is 16.0 Å². The Morgan fingerprint density at radius 2 is 1.43 bits per heavy atom. The molecular formula is C16H16BrFO3. The lowest BCUT2D eigenvalue weighted by molar-refractivity contribution is 0.391. The molecule has 5 heteroatoms. The van der Waals surface area contributed by atoms with Gasteiger partial charge in [-0.15, -0.1) is 0 Å². The molecule has 0 bridgehead atoms. The van der Waals surface area contributed by atoms with Gasteiger partial charge in [-0.05, 0) is 12.1 Å². The normalized spacial score (nSPS) is 11.9. The van der Waals surface area contributed by atoms with Gasteiger partial charge in [0.25, 0.3) is 0 Å². The van der Waals surface area contributed by atoms with Gasteiger partial charge < -0.3 is 14.2 Å². The molecule has 2 aromatic carbocycles. The van der Waals surface area contributed by atoms with E-state index in [2.05, 4.69) is 15.9 Å². The number of hydrogen-bond donors (Lipinski definition) is 0.